The van der Waals surface area contributed by atoms with E-state index in [4.69, 9.17) is 0 Å². The van der Waals surface area contributed by atoms with Gasteiger partial charge in [0.15, 0.2) is 0 Å². The van der Waals surface area contributed by atoms with E-state index in [2.05, 4.69) is 31.1 Å². The summed E-state index contributed by atoms with van der Waals surface area (Å²) in [6.45, 7) is 8.40. The van der Waals surface area contributed by atoms with Gasteiger partial charge >= 0.3 is 0 Å². The standard InChI is InChI=1S/C11H18OSi/c1-5-6-7-8-11(12)9-10-13(2,3)4/h5-8,11-12H,1-4H3/b6-5+,8-7+. The second-order valence-electron chi connectivity index (χ2n) is 3.87. The molecule has 1 nitrogen and oxygen atoms in total. The number of hydrogen-bond acceptors (Lipinski definition) is 1. The SMILES string of the molecule is C/C=C/C=C/C(O)C#C[Si](C)(C)C. The topological polar surface area (TPSA) is 20.2 Å². The monoisotopic (exact) mass is 194 g/mol. The van der Waals surface area contributed by atoms with Crippen LogP contribution in [0.4, 0.5) is 0 Å². The van der Waals surface area contributed by atoms with Crippen molar-refractivity contribution >= 4 is 8.07 Å². The number of allylic oxidation sites excluding steroid dienone is 3. The summed E-state index contributed by atoms with van der Waals surface area (Å²) in [5.74, 6) is 2.83. The van der Waals surface area contributed by atoms with Crippen LogP contribution in [0.15, 0.2) is 24.3 Å². The first-order chi connectivity index (χ1) is 5.95. The van der Waals surface area contributed by atoms with E-state index in [0.717, 1.165) is 0 Å². The Balaban J connectivity index is 4.12. The maximum Gasteiger partial charge on any atom is 0.133 e. The molecular weight excluding hydrogens is 176 g/mol. The van der Waals surface area contributed by atoms with Crippen molar-refractivity contribution in [2.45, 2.75) is 32.7 Å². The lowest BCUT2D eigenvalue weighted by molar-refractivity contribution is 0.281. The van der Waals surface area contributed by atoms with Crippen LogP contribution in [0.25, 0.3) is 0 Å². The smallest absolute Gasteiger partial charge is 0.133 e. The summed E-state index contributed by atoms with van der Waals surface area (Å²) in [6.07, 6.45) is 6.66. The minimum Gasteiger partial charge on any atom is -0.377 e. The van der Waals surface area contributed by atoms with E-state index in [-0.39, 0.29) is 0 Å². The van der Waals surface area contributed by atoms with Gasteiger partial charge < -0.3 is 5.11 Å². The summed E-state index contributed by atoms with van der Waals surface area (Å²) >= 11 is 0. The molecule has 13 heavy (non-hydrogen) atoms. The number of rotatable bonds is 2. The Morgan fingerprint density at radius 3 is 2.31 bits per heavy atom. The van der Waals surface area contributed by atoms with Crippen molar-refractivity contribution in [2.24, 2.45) is 0 Å². The normalized spacial score (nSPS) is 14.5. The number of aliphatic hydroxyl groups is 1. The second kappa shape index (κ2) is 5.79. The highest BCUT2D eigenvalue weighted by Crippen LogP contribution is 1.97. The van der Waals surface area contributed by atoms with Crippen LogP contribution in [0.5, 0.6) is 0 Å². The van der Waals surface area contributed by atoms with Crippen molar-refractivity contribution in [1.29, 1.82) is 0 Å². The Labute approximate surface area is 82.2 Å². The summed E-state index contributed by atoms with van der Waals surface area (Å²) < 4.78 is 0. The van der Waals surface area contributed by atoms with Crippen molar-refractivity contribution in [3.63, 3.8) is 0 Å². The molecule has 0 amide bonds. The maximum atomic E-state index is 9.37. The molecule has 0 heterocycles. The predicted molar refractivity (Wildman–Crippen MR) is 61.1 cm³/mol. The van der Waals surface area contributed by atoms with Crippen LogP contribution < -0.4 is 0 Å². The first-order valence-electron chi connectivity index (χ1n) is 4.46. The zero-order valence-electron chi connectivity index (χ0n) is 8.83. The molecule has 0 aromatic heterocycles. The molecule has 72 valence electrons. The Morgan fingerprint density at radius 2 is 1.85 bits per heavy atom. The highest BCUT2D eigenvalue weighted by atomic mass is 28.3. The zero-order chi connectivity index (χ0) is 10.3. The Morgan fingerprint density at radius 1 is 1.23 bits per heavy atom. The van der Waals surface area contributed by atoms with Crippen molar-refractivity contribution in [3.8, 4) is 11.5 Å². The summed E-state index contributed by atoms with van der Waals surface area (Å²) in [7, 11) is -1.34. The van der Waals surface area contributed by atoms with Gasteiger partial charge in [-0.15, -0.1) is 5.54 Å². The molecule has 0 rings (SSSR count). The highest BCUT2D eigenvalue weighted by molar-refractivity contribution is 6.83. The quantitative estimate of drug-likeness (QED) is 0.406. The fourth-order valence-electron chi connectivity index (χ4n) is 0.619. The molecule has 0 spiro atoms. The van der Waals surface area contributed by atoms with Gasteiger partial charge in [0, 0.05) is 0 Å². The van der Waals surface area contributed by atoms with E-state index in [1.165, 1.54) is 0 Å². The minimum absolute atomic E-state index is 0.622. The molecule has 2 heteroatoms. The minimum atomic E-state index is -1.34. The lowest BCUT2D eigenvalue weighted by atomic mass is 10.3. The van der Waals surface area contributed by atoms with E-state index >= 15 is 0 Å². The average Bonchev–Trinajstić information content (AvgIpc) is 2.00. The molecule has 0 fully saturated rings. The molecule has 0 aliphatic rings. The summed E-state index contributed by atoms with van der Waals surface area (Å²) in [5, 5.41) is 9.37. The van der Waals surface area contributed by atoms with Crippen LogP contribution in [0.2, 0.25) is 19.6 Å². The fraction of sp³-hybridized carbons (Fsp3) is 0.455. The van der Waals surface area contributed by atoms with Crippen LogP contribution in [0.3, 0.4) is 0 Å². The van der Waals surface area contributed by atoms with Crippen molar-refractivity contribution in [1.82, 2.24) is 0 Å². The fourth-order valence-corrected chi connectivity index (χ4v) is 1.20. The van der Waals surface area contributed by atoms with E-state index in [0.29, 0.717) is 0 Å². The molecule has 0 saturated carbocycles. The van der Waals surface area contributed by atoms with Gasteiger partial charge in [-0.2, -0.15) is 0 Å². The molecule has 1 N–H and O–H groups in total. The van der Waals surface area contributed by atoms with E-state index < -0.39 is 14.2 Å². The molecule has 1 unspecified atom stereocenters. The molecule has 0 bridgehead atoms. The average molecular weight is 194 g/mol. The van der Waals surface area contributed by atoms with Crippen LogP contribution in [-0.2, 0) is 0 Å². The number of hydrogen-bond donors (Lipinski definition) is 1. The highest BCUT2D eigenvalue weighted by Gasteiger charge is 2.07. The van der Waals surface area contributed by atoms with Gasteiger partial charge in [0.1, 0.15) is 14.2 Å². The van der Waals surface area contributed by atoms with E-state index in [9.17, 15) is 5.11 Å². The van der Waals surface area contributed by atoms with Crippen molar-refractivity contribution in [2.75, 3.05) is 0 Å². The van der Waals surface area contributed by atoms with Crippen LogP contribution in [0.1, 0.15) is 6.92 Å². The lowest BCUT2D eigenvalue weighted by Gasteiger charge is -2.04. The molecule has 0 aromatic carbocycles. The third-order valence-electron chi connectivity index (χ3n) is 1.19. The molecule has 0 saturated heterocycles. The Hall–Kier alpha value is -0.783. The molecular formula is C11H18OSi. The number of aliphatic hydroxyl groups excluding tert-OH is 1. The largest absolute Gasteiger partial charge is 0.377 e. The van der Waals surface area contributed by atoms with Gasteiger partial charge in [-0.05, 0) is 13.0 Å². The second-order valence-corrected chi connectivity index (χ2v) is 8.62. The van der Waals surface area contributed by atoms with Gasteiger partial charge in [-0.1, -0.05) is 43.8 Å². The molecule has 0 aliphatic carbocycles. The van der Waals surface area contributed by atoms with Gasteiger partial charge in [0.05, 0.1) is 0 Å². The first-order valence-corrected chi connectivity index (χ1v) is 7.96. The Kier molecular flexibility index (Phi) is 5.44. The summed E-state index contributed by atoms with van der Waals surface area (Å²) in [6, 6.07) is 0. The first kappa shape index (κ1) is 12.2. The van der Waals surface area contributed by atoms with Gasteiger partial charge in [-0.3, -0.25) is 0 Å². The molecule has 1 atom stereocenters. The summed E-state index contributed by atoms with van der Waals surface area (Å²) in [5.41, 5.74) is 3.11. The third kappa shape index (κ3) is 9.13. The van der Waals surface area contributed by atoms with E-state index in [1.54, 1.807) is 6.08 Å². The van der Waals surface area contributed by atoms with E-state index in [1.807, 2.05) is 25.2 Å². The van der Waals surface area contributed by atoms with Crippen molar-refractivity contribution in [3.05, 3.63) is 24.3 Å². The van der Waals surface area contributed by atoms with Gasteiger partial charge in [0.25, 0.3) is 0 Å². The summed E-state index contributed by atoms with van der Waals surface area (Å²) in [4.78, 5) is 0. The van der Waals surface area contributed by atoms with Crippen molar-refractivity contribution < 1.29 is 5.11 Å². The Bertz CT molecular complexity index is 247. The molecule has 0 aliphatic heterocycles. The molecule has 0 radical (unpaired) electrons. The van der Waals surface area contributed by atoms with Gasteiger partial charge in [0.2, 0.25) is 0 Å². The third-order valence-corrected chi connectivity index (χ3v) is 2.09. The zero-order valence-corrected chi connectivity index (χ0v) is 9.83. The van der Waals surface area contributed by atoms with Crippen LogP contribution >= 0.6 is 0 Å². The maximum absolute atomic E-state index is 9.37. The lowest BCUT2D eigenvalue weighted by Crippen LogP contribution is -2.17. The predicted octanol–water partition coefficient (Wildman–Crippen LogP) is 2.36. The van der Waals surface area contributed by atoms with Crippen LogP contribution in [0, 0.1) is 11.5 Å². The van der Waals surface area contributed by atoms with Crippen LogP contribution in [-0.4, -0.2) is 19.3 Å². The van der Waals surface area contributed by atoms with Gasteiger partial charge in [-0.25, -0.2) is 0 Å². The molecule has 0 aromatic rings.